The normalized spacial score (nSPS) is 10.8. The summed E-state index contributed by atoms with van der Waals surface area (Å²) in [5.41, 5.74) is 0.517. The van der Waals surface area contributed by atoms with Gasteiger partial charge in [-0.05, 0) is 35.9 Å². The average molecular weight is 317 g/mol. The number of carbonyl (C=O) groups excluding carboxylic acids is 1. The van der Waals surface area contributed by atoms with Crippen molar-refractivity contribution in [3.8, 4) is 6.07 Å². The molecule has 0 bridgehead atoms. The summed E-state index contributed by atoms with van der Waals surface area (Å²) < 4.78 is 12.8. The Morgan fingerprint density at radius 2 is 2.09 bits per heavy atom. The van der Waals surface area contributed by atoms with Crippen LogP contribution in [-0.4, -0.2) is 10.8 Å². The molecule has 0 aliphatic rings. The quantitative estimate of drug-likeness (QED) is 0.405. The zero-order valence-electron chi connectivity index (χ0n) is 10.9. The van der Waals surface area contributed by atoms with E-state index in [1.165, 1.54) is 41.8 Å². The molecular weight excluding hydrogens is 309 g/mol. The second-order valence-electron chi connectivity index (χ2n) is 4.11. The number of benzene rings is 1. The third-order valence-electron chi connectivity index (χ3n) is 2.56. The lowest BCUT2D eigenvalue weighted by Gasteiger charge is -2.03. The van der Waals surface area contributed by atoms with Crippen LogP contribution in [0.4, 0.5) is 15.1 Å². The number of nitrogens with zero attached hydrogens (tertiary/aromatic N) is 2. The third kappa shape index (κ3) is 3.74. The summed E-state index contributed by atoms with van der Waals surface area (Å²) in [6, 6.07) is 8.07. The highest BCUT2D eigenvalue weighted by molar-refractivity contribution is 7.13. The lowest BCUT2D eigenvalue weighted by atomic mass is 10.2. The van der Waals surface area contributed by atoms with Crippen LogP contribution in [0.2, 0.25) is 0 Å². The molecule has 1 aromatic heterocycles. The van der Waals surface area contributed by atoms with E-state index in [0.29, 0.717) is 11.3 Å². The van der Waals surface area contributed by atoms with E-state index >= 15 is 0 Å². The molecule has 1 amide bonds. The van der Waals surface area contributed by atoms with E-state index in [4.69, 9.17) is 5.26 Å². The van der Waals surface area contributed by atoms with Gasteiger partial charge in [0.25, 0.3) is 5.91 Å². The molecule has 8 heteroatoms. The van der Waals surface area contributed by atoms with Crippen LogP contribution in [0.3, 0.4) is 0 Å². The van der Waals surface area contributed by atoms with Gasteiger partial charge in [-0.15, -0.1) is 0 Å². The molecule has 0 saturated heterocycles. The number of hydrogen-bond acceptors (Lipinski definition) is 5. The van der Waals surface area contributed by atoms with Gasteiger partial charge in [0.05, 0.1) is 4.92 Å². The molecule has 2 rings (SSSR count). The molecule has 0 radical (unpaired) electrons. The molecule has 110 valence electrons. The first kappa shape index (κ1) is 15.3. The summed E-state index contributed by atoms with van der Waals surface area (Å²) in [4.78, 5) is 22.0. The van der Waals surface area contributed by atoms with Crippen molar-refractivity contribution in [2.75, 3.05) is 5.32 Å². The number of halogens is 1. The fourth-order valence-corrected chi connectivity index (χ4v) is 2.24. The summed E-state index contributed by atoms with van der Waals surface area (Å²) in [6.45, 7) is 0. The van der Waals surface area contributed by atoms with Gasteiger partial charge in [-0.1, -0.05) is 11.3 Å². The predicted molar refractivity (Wildman–Crippen MR) is 79.6 cm³/mol. The summed E-state index contributed by atoms with van der Waals surface area (Å²) in [7, 11) is 0. The van der Waals surface area contributed by atoms with Gasteiger partial charge in [-0.3, -0.25) is 14.9 Å². The van der Waals surface area contributed by atoms with Gasteiger partial charge < -0.3 is 5.32 Å². The van der Waals surface area contributed by atoms with Crippen molar-refractivity contribution in [2.45, 2.75) is 0 Å². The molecule has 0 saturated carbocycles. The molecule has 2 aromatic rings. The second kappa shape index (κ2) is 6.60. The summed E-state index contributed by atoms with van der Waals surface area (Å²) in [5, 5.41) is 23.5. The first-order valence-electron chi connectivity index (χ1n) is 5.91. The number of anilines is 1. The largest absolute Gasteiger partial charge is 0.324 e. The zero-order valence-corrected chi connectivity index (χ0v) is 11.8. The molecule has 22 heavy (non-hydrogen) atoms. The van der Waals surface area contributed by atoms with Crippen LogP contribution in [0.1, 0.15) is 5.56 Å². The van der Waals surface area contributed by atoms with E-state index in [-0.39, 0.29) is 10.6 Å². The molecule has 1 heterocycles. The molecule has 6 nitrogen and oxygen atoms in total. The Morgan fingerprint density at radius 3 is 2.64 bits per heavy atom. The average Bonchev–Trinajstić information content (AvgIpc) is 2.96. The Hall–Kier alpha value is -3.05. The molecule has 0 atom stereocenters. The molecule has 1 N–H and O–H groups in total. The predicted octanol–water partition coefficient (Wildman–Crippen LogP) is 3.34. The highest BCUT2D eigenvalue weighted by Gasteiger charge is 2.13. The van der Waals surface area contributed by atoms with E-state index in [0.717, 1.165) is 11.3 Å². The van der Waals surface area contributed by atoms with Gasteiger partial charge in [0.15, 0.2) is 0 Å². The number of nitriles is 1. The molecule has 0 fully saturated rings. The Bertz CT molecular complexity index is 790. The smallest absolute Gasteiger partial charge is 0.321 e. The van der Waals surface area contributed by atoms with Crippen LogP contribution in [-0.2, 0) is 4.79 Å². The van der Waals surface area contributed by atoms with Crippen molar-refractivity contribution in [3.05, 3.63) is 62.8 Å². The van der Waals surface area contributed by atoms with E-state index < -0.39 is 16.6 Å². The number of nitrogens with one attached hydrogen (secondary N) is 1. The number of nitro groups is 1. The van der Waals surface area contributed by atoms with Crippen molar-refractivity contribution < 1.29 is 14.1 Å². The van der Waals surface area contributed by atoms with Crippen LogP contribution >= 0.6 is 11.3 Å². The topological polar surface area (TPSA) is 96.0 Å². The molecule has 0 spiro atoms. The maximum absolute atomic E-state index is 12.8. The minimum Gasteiger partial charge on any atom is -0.321 e. The SMILES string of the molecule is N#C/C(=C\c1csc([N+](=O)[O-])c1)C(=O)Nc1ccc(F)cc1. The summed E-state index contributed by atoms with van der Waals surface area (Å²) in [5.74, 6) is -1.12. The molecule has 0 unspecified atom stereocenters. The van der Waals surface area contributed by atoms with Crippen molar-refractivity contribution >= 4 is 34.0 Å². The molecular formula is C14H8FN3O3S. The van der Waals surface area contributed by atoms with Gasteiger partial charge in [0, 0.05) is 17.1 Å². The van der Waals surface area contributed by atoms with Crippen molar-refractivity contribution in [1.82, 2.24) is 0 Å². The molecule has 1 aromatic carbocycles. The minimum absolute atomic E-state index is 0.0810. The van der Waals surface area contributed by atoms with Gasteiger partial charge in [0.2, 0.25) is 0 Å². The van der Waals surface area contributed by atoms with Gasteiger partial charge >= 0.3 is 5.00 Å². The number of rotatable bonds is 4. The Kier molecular flexibility index (Phi) is 4.60. The fraction of sp³-hybridized carbons (Fsp3) is 0. The highest BCUT2D eigenvalue weighted by atomic mass is 32.1. The van der Waals surface area contributed by atoms with E-state index in [2.05, 4.69) is 5.32 Å². The lowest BCUT2D eigenvalue weighted by molar-refractivity contribution is -0.380. The lowest BCUT2D eigenvalue weighted by Crippen LogP contribution is -2.13. The van der Waals surface area contributed by atoms with Gasteiger partial charge in [-0.2, -0.15) is 5.26 Å². The first-order valence-corrected chi connectivity index (χ1v) is 6.79. The van der Waals surface area contributed by atoms with Crippen LogP contribution in [0, 0.1) is 27.3 Å². The summed E-state index contributed by atoms with van der Waals surface area (Å²) in [6.07, 6.45) is 1.25. The Balaban J connectivity index is 2.17. The summed E-state index contributed by atoms with van der Waals surface area (Å²) >= 11 is 0.901. The van der Waals surface area contributed by atoms with Crippen LogP contribution < -0.4 is 5.32 Å². The van der Waals surface area contributed by atoms with Crippen LogP contribution in [0.15, 0.2) is 41.3 Å². The van der Waals surface area contributed by atoms with Gasteiger partial charge in [-0.25, -0.2) is 4.39 Å². The van der Waals surface area contributed by atoms with Crippen LogP contribution in [0.25, 0.3) is 6.08 Å². The van der Waals surface area contributed by atoms with Crippen molar-refractivity contribution in [3.63, 3.8) is 0 Å². The number of amides is 1. The standard InChI is InChI=1S/C14H8FN3O3S/c15-11-1-3-12(4-2-11)17-14(19)10(7-16)5-9-6-13(18(20)21)22-8-9/h1-6,8H,(H,17,19)/b10-5+. The minimum atomic E-state index is -0.678. The first-order chi connectivity index (χ1) is 10.5. The maximum Gasteiger partial charge on any atom is 0.324 e. The highest BCUT2D eigenvalue weighted by Crippen LogP contribution is 2.24. The van der Waals surface area contributed by atoms with E-state index in [9.17, 15) is 19.3 Å². The Labute approximate surface area is 128 Å². The zero-order chi connectivity index (χ0) is 16.1. The van der Waals surface area contributed by atoms with Gasteiger partial charge in [0.1, 0.15) is 17.5 Å². The van der Waals surface area contributed by atoms with Crippen molar-refractivity contribution in [1.29, 1.82) is 5.26 Å². The van der Waals surface area contributed by atoms with Crippen LogP contribution in [0.5, 0.6) is 0 Å². The second-order valence-corrected chi connectivity index (χ2v) is 5.00. The monoisotopic (exact) mass is 317 g/mol. The number of hydrogen-bond donors (Lipinski definition) is 1. The molecule has 0 aliphatic carbocycles. The maximum atomic E-state index is 12.8. The number of carbonyl (C=O) groups is 1. The fourth-order valence-electron chi connectivity index (χ4n) is 1.56. The Morgan fingerprint density at radius 1 is 1.41 bits per heavy atom. The third-order valence-corrected chi connectivity index (χ3v) is 3.46. The van der Waals surface area contributed by atoms with Crippen molar-refractivity contribution in [2.24, 2.45) is 0 Å². The van der Waals surface area contributed by atoms with E-state index in [1.807, 2.05) is 0 Å². The van der Waals surface area contributed by atoms with E-state index in [1.54, 1.807) is 6.07 Å². The molecule has 0 aliphatic heterocycles. The number of thiophene rings is 1.